The molecule has 0 radical (unpaired) electrons. The maximum Gasteiger partial charge on any atom is 0.159 e. The molecule has 0 saturated carbocycles. The number of rotatable bonds is 2. The summed E-state index contributed by atoms with van der Waals surface area (Å²) in [6, 6.07) is 3.59. The van der Waals surface area contributed by atoms with Gasteiger partial charge in [0.15, 0.2) is 11.6 Å². The van der Waals surface area contributed by atoms with Crippen LogP contribution in [0.15, 0.2) is 18.2 Å². The Bertz CT molecular complexity index is 367. The highest BCUT2D eigenvalue weighted by Gasteiger charge is 2.24. The second-order valence-electron chi connectivity index (χ2n) is 3.60. The van der Waals surface area contributed by atoms with Gasteiger partial charge in [-0.2, -0.15) is 23.5 Å². The number of hydrogen-bond acceptors (Lipinski definition) is 3. The zero-order valence-corrected chi connectivity index (χ0v) is 10.2. The van der Waals surface area contributed by atoms with Gasteiger partial charge in [0, 0.05) is 22.5 Å². The summed E-state index contributed by atoms with van der Waals surface area (Å²) in [5.41, 5.74) is 0.457. The minimum Gasteiger partial charge on any atom is -0.387 e. The first-order valence-corrected chi connectivity index (χ1v) is 7.21. The Kier molecular flexibility index (Phi) is 4.10. The number of thioether (sulfide) groups is 2. The molecule has 1 nitrogen and oxygen atoms in total. The van der Waals surface area contributed by atoms with Crippen molar-refractivity contribution in [1.82, 2.24) is 0 Å². The Morgan fingerprint density at radius 3 is 2.69 bits per heavy atom. The van der Waals surface area contributed by atoms with Crippen molar-refractivity contribution < 1.29 is 13.9 Å². The van der Waals surface area contributed by atoms with E-state index < -0.39 is 17.7 Å². The average Bonchev–Trinajstić information content (AvgIpc) is 2.33. The van der Waals surface area contributed by atoms with Crippen LogP contribution in [0.2, 0.25) is 0 Å². The molecule has 1 heterocycles. The zero-order valence-electron chi connectivity index (χ0n) is 8.53. The molecule has 1 saturated heterocycles. The molecule has 1 aliphatic rings. The van der Waals surface area contributed by atoms with Crippen LogP contribution in [-0.2, 0) is 0 Å². The Balaban J connectivity index is 2.12. The Labute approximate surface area is 102 Å². The molecule has 2 rings (SSSR count). The van der Waals surface area contributed by atoms with Crippen LogP contribution in [0.25, 0.3) is 0 Å². The number of aliphatic hydroxyl groups excluding tert-OH is 1. The van der Waals surface area contributed by atoms with Gasteiger partial charge in [-0.15, -0.1) is 0 Å². The predicted molar refractivity (Wildman–Crippen MR) is 64.9 cm³/mol. The third kappa shape index (κ3) is 2.70. The fourth-order valence-electron chi connectivity index (χ4n) is 1.60. The largest absolute Gasteiger partial charge is 0.387 e. The van der Waals surface area contributed by atoms with Crippen LogP contribution < -0.4 is 0 Å². The van der Waals surface area contributed by atoms with E-state index in [0.717, 1.165) is 29.4 Å². The van der Waals surface area contributed by atoms with E-state index in [9.17, 15) is 13.9 Å². The van der Waals surface area contributed by atoms with Gasteiger partial charge in [0.1, 0.15) is 0 Å². The first-order valence-electron chi connectivity index (χ1n) is 5.01. The molecule has 0 amide bonds. The normalized spacial score (nSPS) is 23.1. The first kappa shape index (κ1) is 12.2. The summed E-state index contributed by atoms with van der Waals surface area (Å²) >= 11 is 3.47. The number of hydrogen-bond donors (Lipinski definition) is 1. The van der Waals surface area contributed by atoms with E-state index in [0.29, 0.717) is 5.56 Å². The molecule has 0 bridgehead atoms. The molecule has 1 aromatic rings. The van der Waals surface area contributed by atoms with E-state index >= 15 is 0 Å². The standard InChI is InChI=1S/C11H12F2OS2/c12-8-2-1-7(5-9(8)13)11(14)10-6-15-3-4-16-10/h1-2,5,10-11,14H,3-4,6H2. The summed E-state index contributed by atoms with van der Waals surface area (Å²) in [6.45, 7) is 0. The smallest absolute Gasteiger partial charge is 0.159 e. The molecule has 1 fully saturated rings. The van der Waals surface area contributed by atoms with Gasteiger partial charge in [-0.25, -0.2) is 8.78 Å². The van der Waals surface area contributed by atoms with Crippen molar-refractivity contribution in [2.24, 2.45) is 0 Å². The van der Waals surface area contributed by atoms with Crippen LogP contribution >= 0.6 is 23.5 Å². The average molecular weight is 262 g/mol. The predicted octanol–water partition coefficient (Wildman–Crippen LogP) is 2.85. The lowest BCUT2D eigenvalue weighted by Gasteiger charge is -2.26. The van der Waals surface area contributed by atoms with E-state index in [1.54, 1.807) is 23.5 Å². The SMILES string of the molecule is OC(c1ccc(F)c(F)c1)C1CSCCS1. The van der Waals surface area contributed by atoms with Crippen LogP contribution in [-0.4, -0.2) is 27.6 Å². The summed E-state index contributed by atoms with van der Waals surface area (Å²) in [6.07, 6.45) is -0.715. The minimum absolute atomic E-state index is 0.0728. The maximum atomic E-state index is 13.0. The lowest BCUT2D eigenvalue weighted by Crippen LogP contribution is -2.22. The van der Waals surface area contributed by atoms with Gasteiger partial charge in [-0.3, -0.25) is 0 Å². The molecule has 0 spiro atoms. The van der Waals surface area contributed by atoms with Crippen molar-refractivity contribution in [1.29, 1.82) is 0 Å². The van der Waals surface area contributed by atoms with Gasteiger partial charge < -0.3 is 5.11 Å². The van der Waals surface area contributed by atoms with Crippen molar-refractivity contribution in [2.45, 2.75) is 11.4 Å². The molecule has 88 valence electrons. The van der Waals surface area contributed by atoms with Gasteiger partial charge in [0.05, 0.1) is 6.10 Å². The fraction of sp³-hybridized carbons (Fsp3) is 0.455. The second kappa shape index (κ2) is 5.38. The highest BCUT2D eigenvalue weighted by atomic mass is 32.2. The quantitative estimate of drug-likeness (QED) is 0.885. The van der Waals surface area contributed by atoms with Crippen LogP contribution in [0.3, 0.4) is 0 Å². The second-order valence-corrected chi connectivity index (χ2v) is 6.10. The molecule has 0 aromatic heterocycles. The number of aliphatic hydroxyl groups is 1. The maximum absolute atomic E-state index is 13.0. The Morgan fingerprint density at radius 1 is 1.25 bits per heavy atom. The van der Waals surface area contributed by atoms with Crippen LogP contribution in [0.5, 0.6) is 0 Å². The molecule has 1 aliphatic heterocycles. The number of benzene rings is 1. The van der Waals surface area contributed by atoms with E-state index in [1.165, 1.54) is 6.07 Å². The summed E-state index contributed by atoms with van der Waals surface area (Å²) in [5, 5.41) is 10.1. The van der Waals surface area contributed by atoms with Gasteiger partial charge >= 0.3 is 0 Å². The van der Waals surface area contributed by atoms with E-state index in [2.05, 4.69) is 0 Å². The Hall–Kier alpha value is -0.260. The molecule has 1 N–H and O–H groups in total. The van der Waals surface area contributed by atoms with Crippen molar-refractivity contribution in [3.63, 3.8) is 0 Å². The van der Waals surface area contributed by atoms with Crippen molar-refractivity contribution in [2.75, 3.05) is 17.3 Å². The van der Waals surface area contributed by atoms with Gasteiger partial charge in [0.25, 0.3) is 0 Å². The van der Waals surface area contributed by atoms with Crippen LogP contribution in [0.1, 0.15) is 11.7 Å². The summed E-state index contributed by atoms with van der Waals surface area (Å²) in [7, 11) is 0. The summed E-state index contributed by atoms with van der Waals surface area (Å²) in [4.78, 5) is 0. The van der Waals surface area contributed by atoms with Gasteiger partial charge in [-0.05, 0) is 17.7 Å². The van der Waals surface area contributed by atoms with E-state index in [1.807, 2.05) is 0 Å². The molecule has 5 heteroatoms. The lowest BCUT2D eigenvalue weighted by atomic mass is 10.1. The van der Waals surface area contributed by atoms with Crippen molar-refractivity contribution in [3.05, 3.63) is 35.4 Å². The highest BCUT2D eigenvalue weighted by molar-refractivity contribution is 8.06. The zero-order chi connectivity index (χ0) is 11.5. The third-order valence-corrected chi connectivity index (χ3v) is 5.33. The van der Waals surface area contributed by atoms with Crippen LogP contribution in [0.4, 0.5) is 8.78 Å². The van der Waals surface area contributed by atoms with Crippen LogP contribution in [0, 0.1) is 11.6 Å². The van der Waals surface area contributed by atoms with Gasteiger partial charge in [-0.1, -0.05) is 6.07 Å². The topological polar surface area (TPSA) is 20.2 Å². The molecule has 1 aromatic carbocycles. The molecule has 16 heavy (non-hydrogen) atoms. The van der Waals surface area contributed by atoms with E-state index in [-0.39, 0.29) is 5.25 Å². The summed E-state index contributed by atoms with van der Waals surface area (Å²) in [5.74, 6) is 1.17. The highest BCUT2D eigenvalue weighted by Crippen LogP contribution is 2.33. The van der Waals surface area contributed by atoms with Crippen molar-refractivity contribution >= 4 is 23.5 Å². The number of halogens is 2. The Morgan fingerprint density at radius 2 is 2.06 bits per heavy atom. The molecule has 2 unspecified atom stereocenters. The molecular weight excluding hydrogens is 250 g/mol. The first-order chi connectivity index (χ1) is 7.68. The molecular formula is C11H12F2OS2. The fourth-order valence-corrected chi connectivity index (χ4v) is 4.35. The molecule has 2 atom stereocenters. The molecule has 0 aliphatic carbocycles. The van der Waals surface area contributed by atoms with E-state index in [4.69, 9.17) is 0 Å². The lowest BCUT2D eigenvalue weighted by molar-refractivity contribution is 0.180. The summed E-state index contributed by atoms with van der Waals surface area (Å²) < 4.78 is 25.7. The third-order valence-electron chi connectivity index (χ3n) is 2.48. The van der Waals surface area contributed by atoms with Gasteiger partial charge in [0.2, 0.25) is 0 Å². The van der Waals surface area contributed by atoms with Crippen molar-refractivity contribution in [3.8, 4) is 0 Å². The minimum atomic E-state index is -0.898. The monoisotopic (exact) mass is 262 g/mol.